The van der Waals surface area contributed by atoms with E-state index in [1.54, 1.807) is 42.5 Å². The van der Waals surface area contributed by atoms with Gasteiger partial charge in [-0.15, -0.1) is 0 Å². The highest BCUT2D eigenvalue weighted by molar-refractivity contribution is 6.05. The van der Waals surface area contributed by atoms with Gasteiger partial charge in [0, 0.05) is 17.1 Å². The van der Waals surface area contributed by atoms with Gasteiger partial charge < -0.3 is 19.2 Å². The monoisotopic (exact) mass is 395 g/mol. The molecule has 0 atom stereocenters. The molecule has 0 bridgehead atoms. The number of esters is 1. The van der Waals surface area contributed by atoms with Gasteiger partial charge in [-0.2, -0.15) is 0 Å². The average molecular weight is 395 g/mol. The van der Waals surface area contributed by atoms with Crippen LogP contribution >= 0.6 is 0 Å². The number of amides is 1. The molecule has 0 saturated carbocycles. The summed E-state index contributed by atoms with van der Waals surface area (Å²) in [6.07, 6.45) is 1.75. The number of benzene rings is 2. The molecule has 0 saturated heterocycles. The Morgan fingerprint density at radius 1 is 1.07 bits per heavy atom. The van der Waals surface area contributed by atoms with E-state index in [4.69, 9.17) is 13.9 Å². The fraction of sp³-hybridized carbons (Fsp3) is 0.227. The van der Waals surface area contributed by atoms with Crippen molar-refractivity contribution in [2.24, 2.45) is 0 Å². The van der Waals surface area contributed by atoms with Crippen molar-refractivity contribution in [2.45, 2.75) is 19.8 Å². The molecule has 1 amide bonds. The molecule has 0 aliphatic carbocycles. The van der Waals surface area contributed by atoms with Crippen LogP contribution in [0, 0.1) is 0 Å². The van der Waals surface area contributed by atoms with Crippen LogP contribution in [0.2, 0.25) is 0 Å². The number of carbonyl (C=O) groups is 2. The quantitative estimate of drug-likeness (QED) is 0.369. The average Bonchev–Trinajstić information content (AvgIpc) is 2.73. The maximum absolute atomic E-state index is 12.5. The molecule has 2 aromatic carbocycles. The summed E-state index contributed by atoms with van der Waals surface area (Å²) in [7, 11) is 1.51. The second-order valence-electron chi connectivity index (χ2n) is 6.37. The number of fused-ring (bicyclic) bond motifs is 1. The number of hydrogen-bond acceptors (Lipinski definition) is 6. The number of rotatable bonds is 7. The Bertz CT molecular complexity index is 1080. The van der Waals surface area contributed by atoms with Crippen molar-refractivity contribution in [3.8, 4) is 5.75 Å². The lowest BCUT2D eigenvalue weighted by atomic mass is 10.1. The summed E-state index contributed by atoms with van der Waals surface area (Å²) in [6, 6.07) is 12.7. The van der Waals surface area contributed by atoms with Gasteiger partial charge in [0.1, 0.15) is 16.9 Å². The van der Waals surface area contributed by atoms with E-state index in [2.05, 4.69) is 5.32 Å². The fourth-order valence-corrected chi connectivity index (χ4v) is 2.66. The maximum atomic E-state index is 12.5. The predicted molar refractivity (Wildman–Crippen MR) is 109 cm³/mol. The molecule has 1 heterocycles. The van der Waals surface area contributed by atoms with Crippen LogP contribution in [0.15, 0.2) is 57.7 Å². The Morgan fingerprint density at radius 3 is 2.52 bits per heavy atom. The van der Waals surface area contributed by atoms with Crippen LogP contribution < -0.4 is 15.7 Å². The molecular formula is C22H21NO6. The number of hydrogen-bond donors (Lipinski definition) is 1. The topological polar surface area (TPSA) is 94.8 Å². The van der Waals surface area contributed by atoms with E-state index < -0.39 is 17.5 Å². The van der Waals surface area contributed by atoms with Crippen LogP contribution in [-0.4, -0.2) is 25.6 Å². The van der Waals surface area contributed by atoms with Gasteiger partial charge in [0.2, 0.25) is 0 Å². The van der Waals surface area contributed by atoms with Gasteiger partial charge >= 0.3 is 11.6 Å². The highest BCUT2D eigenvalue weighted by Crippen LogP contribution is 2.20. The molecule has 0 spiro atoms. The molecule has 1 N–H and O–H groups in total. The predicted octanol–water partition coefficient (Wildman–Crippen LogP) is 4.01. The van der Waals surface area contributed by atoms with E-state index in [-0.39, 0.29) is 5.56 Å². The van der Waals surface area contributed by atoms with Crippen molar-refractivity contribution < 1.29 is 23.5 Å². The van der Waals surface area contributed by atoms with Crippen molar-refractivity contribution in [1.82, 2.24) is 0 Å². The van der Waals surface area contributed by atoms with Crippen molar-refractivity contribution in [3.63, 3.8) is 0 Å². The van der Waals surface area contributed by atoms with Gasteiger partial charge in [0.05, 0.1) is 19.3 Å². The Labute approximate surface area is 167 Å². The summed E-state index contributed by atoms with van der Waals surface area (Å²) >= 11 is 0. The first-order valence-electron chi connectivity index (χ1n) is 9.22. The minimum Gasteiger partial charge on any atom is -0.497 e. The Hall–Kier alpha value is -3.61. The molecule has 0 radical (unpaired) electrons. The molecular weight excluding hydrogens is 374 g/mol. The van der Waals surface area contributed by atoms with E-state index in [0.29, 0.717) is 34.6 Å². The SMILES string of the molecule is CCCCOC(=O)c1ccc(NC(=O)c2cc3ccc(OC)cc3oc2=O)cc1. The number of methoxy groups -OCH3 is 1. The van der Waals surface area contributed by atoms with Gasteiger partial charge in [-0.25, -0.2) is 9.59 Å². The van der Waals surface area contributed by atoms with Crippen molar-refractivity contribution in [3.05, 3.63) is 70.1 Å². The molecule has 7 nitrogen and oxygen atoms in total. The van der Waals surface area contributed by atoms with E-state index in [1.807, 2.05) is 6.92 Å². The van der Waals surface area contributed by atoms with Crippen molar-refractivity contribution in [1.29, 1.82) is 0 Å². The summed E-state index contributed by atoms with van der Waals surface area (Å²) in [4.78, 5) is 36.6. The van der Waals surface area contributed by atoms with E-state index >= 15 is 0 Å². The molecule has 0 aliphatic rings. The first kappa shape index (κ1) is 20.1. The third-order valence-electron chi connectivity index (χ3n) is 4.30. The molecule has 7 heteroatoms. The highest BCUT2D eigenvalue weighted by atomic mass is 16.5. The number of unbranched alkanes of at least 4 members (excludes halogenated alkanes) is 1. The van der Waals surface area contributed by atoms with Crippen LogP contribution in [0.5, 0.6) is 5.75 Å². The molecule has 150 valence electrons. The molecule has 0 fully saturated rings. The lowest BCUT2D eigenvalue weighted by molar-refractivity contribution is 0.0499. The number of anilines is 1. The van der Waals surface area contributed by atoms with E-state index in [1.165, 1.54) is 13.2 Å². The smallest absolute Gasteiger partial charge is 0.349 e. The van der Waals surface area contributed by atoms with E-state index in [9.17, 15) is 14.4 Å². The van der Waals surface area contributed by atoms with Crippen LogP contribution in [0.4, 0.5) is 5.69 Å². The molecule has 29 heavy (non-hydrogen) atoms. The first-order chi connectivity index (χ1) is 14.0. The molecule has 0 aliphatic heterocycles. The zero-order chi connectivity index (χ0) is 20.8. The summed E-state index contributed by atoms with van der Waals surface area (Å²) in [5.74, 6) is -0.470. The van der Waals surface area contributed by atoms with E-state index in [0.717, 1.165) is 12.8 Å². The minimum absolute atomic E-state index is 0.120. The Morgan fingerprint density at radius 2 is 1.83 bits per heavy atom. The fourth-order valence-electron chi connectivity index (χ4n) is 2.66. The maximum Gasteiger partial charge on any atom is 0.349 e. The van der Waals surface area contributed by atoms with Gasteiger partial charge in [-0.3, -0.25) is 4.79 Å². The lowest BCUT2D eigenvalue weighted by Gasteiger charge is -2.07. The summed E-state index contributed by atoms with van der Waals surface area (Å²) in [5.41, 5.74) is 0.287. The third kappa shape index (κ3) is 4.82. The number of carbonyl (C=O) groups excluding carboxylic acids is 2. The van der Waals surface area contributed by atoms with Crippen LogP contribution in [0.25, 0.3) is 11.0 Å². The largest absolute Gasteiger partial charge is 0.497 e. The van der Waals surface area contributed by atoms with Crippen molar-refractivity contribution in [2.75, 3.05) is 19.0 Å². The summed E-state index contributed by atoms with van der Waals surface area (Å²) in [6.45, 7) is 2.38. The standard InChI is InChI=1S/C22H21NO6/c1-3-4-11-28-21(25)14-5-8-16(9-6-14)23-20(24)18-12-15-7-10-17(27-2)13-19(15)29-22(18)26/h5-10,12-13H,3-4,11H2,1-2H3,(H,23,24). The molecule has 3 aromatic rings. The second-order valence-corrected chi connectivity index (χ2v) is 6.37. The summed E-state index contributed by atoms with van der Waals surface area (Å²) < 4.78 is 15.5. The van der Waals surface area contributed by atoms with Gasteiger partial charge in [-0.1, -0.05) is 13.3 Å². The number of nitrogens with one attached hydrogen (secondary N) is 1. The zero-order valence-electron chi connectivity index (χ0n) is 16.2. The van der Waals surface area contributed by atoms with Gasteiger partial charge in [-0.05, 0) is 48.9 Å². The first-order valence-corrected chi connectivity index (χ1v) is 9.22. The minimum atomic E-state index is -0.751. The molecule has 3 rings (SSSR count). The van der Waals surface area contributed by atoms with Gasteiger partial charge in [0.15, 0.2) is 0 Å². The normalized spacial score (nSPS) is 10.6. The molecule has 0 unspecified atom stereocenters. The summed E-state index contributed by atoms with van der Waals surface area (Å²) in [5, 5.41) is 3.23. The van der Waals surface area contributed by atoms with Gasteiger partial charge in [0.25, 0.3) is 5.91 Å². The highest BCUT2D eigenvalue weighted by Gasteiger charge is 2.15. The van der Waals surface area contributed by atoms with Crippen LogP contribution in [-0.2, 0) is 4.74 Å². The van der Waals surface area contributed by atoms with Crippen molar-refractivity contribution >= 4 is 28.5 Å². The lowest BCUT2D eigenvalue weighted by Crippen LogP contribution is -2.20. The zero-order valence-corrected chi connectivity index (χ0v) is 16.2. The molecule has 1 aromatic heterocycles. The second kappa shape index (κ2) is 9.05. The number of ether oxygens (including phenoxy) is 2. The Balaban J connectivity index is 1.73. The third-order valence-corrected chi connectivity index (χ3v) is 4.30. The van der Waals surface area contributed by atoms with Crippen LogP contribution in [0.3, 0.4) is 0 Å². The van der Waals surface area contributed by atoms with Crippen LogP contribution in [0.1, 0.15) is 40.5 Å². The Kier molecular flexibility index (Phi) is 6.29.